The molecule has 2 rings (SSSR count). The molecule has 1 unspecified atom stereocenters. The highest BCUT2D eigenvalue weighted by Crippen LogP contribution is 2.24. The summed E-state index contributed by atoms with van der Waals surface area (Å²) in [7, 11) is 0. The molecule has 96 valence electrons. The van der Waals surface area contributed by atoms with Crippen LogP contribution in [0.25, 0.3) is 0 Å². The molecule has 5 heteroatoms. The number of rotatable bonds is 5. The molecule has 1 aromatic rings. The van der Waals surface area contributed by atoms with Crippen molar-refractivity contribution in [1.82, 2.24) is 20.1 Å². The van der Waals surface area contributed by atoms with Crippen molar-refractivity contribution >= 4 is 11.8 Å². The summed E-state index contributed by atoms with van der Waals surface area (Å²) in [5, 5.41) is 13.7. The maximum absolute atomic E-state index is 4.34. The highest BCUT2D eigenvalue weighted by molar-refractivity contribution is 7.99. The predicted octanol–water partition coefficient (Wildman–Crippen LogP) is 2.09. The molecule has 4 nitrogen and oxygen atoms in total. The molecule has 0 bridgehead atoms. The van der Waals surface area contributed by atoms with E-state index < -0.39 is 0 Å². The first-order chi connectivity index (χ1) is 8.31. The van der Waals surface area contributed by atoms with Gasteiger partial charge in [-0.1, -0.05) is 32.0 Å². The van der Waals surface area contributed by atoms with Gasteiger partial charge in [0.2, 0.25) is 0 Å². The summed E-state index contributed by atoms with van der Waals surface area (Å²) < 4.78 is 2.32. The van der Waals surface area contributed by atoms with E-state index in [1.165, 1.54) is 25.1 Å². The molecule has 1 atom stereocenters. The molecule has 0 spiro atoms. The van der Waals surface area contributed by atoms with Gasteiger partial charge in [-0.05, 0) is 19.4 Å². The average molecular weight is 254 g/mol. The van der Waals surface area contributed by atoms with E-state index >= 15 is 0 Å². The molecule has 0 saturated carbocycles. The van der Waals surface area contributed by atoms with Crippen molar-refractivity contribution in [2.45, 2.75) is 56.5 Å². The quantitative estimate of drug-likeness (QED) is 0.817. The van der Waals surface area contributed by atoms with E-state index in [4.69, 9.17) is 0 Å². The van der Waals surface area contributed by atoms with Gasteiger partial charge in [-0.15, -0.1) is 10.2 Å². The van der Waals surface area contributed by atoms with Gasteiger partial charge in [0.15, 0.2) is 5.16 Å². The number of fused-ring (bicyclic) bond motifs is 1. The monoisotopic (exact) mass is 254 g/mol. The molecule has 0 amide bonds. The van der Waals surface area contributed by atoms with Crippen LogP contribution in [0.1, 0.15) is 38.9 Å². The van der Waals surface area contributed by atoms with E-state index in [2.05, 4.69) is 33.9 Å². The Kier molecular flexibility index (Phi) is 4.86. The summed E-state index contributed by atoms with van der Waals surface area (Å²) in [5.41, 5.74) is 0. The minimum Gasteiger partial charge on any atom is -0.316 e. The lowest BCUT2D eigenvalue weighted by atomic mass is 10.2. The molecule has 1 aliphatic heterocycles. The lowest BCUT2D eigenvalue weighted by molar-refractivity contribution is 0.589. The van der Waals surface area contributed by atoms with Crippen LogP contribution in [-0.4, -0.2) is 33.1 Å². The van der Waals surface area contributed by atoms with Crippen molar-refractivity contribution in [1.29, 1.82) is 0 Å². The third kappa shape index (κ3) is 3.45. The Balaban J connectivity index is 1.98. The number of aromatic nitrogens is 3. The first-order valence-corrected chi connectivity index (χ1v) is 7.48. The predicted molar refractivity (Wildman–Crippen MR) is 71.4 cm³/mol. The lowest BCUT2D eigenvalue weighted by Gasteiger charge is -2.12. The Hall–Kier alpha value is -0.550. The molecule has 0 aliphatic carbocycles. The third-order valence-electron chi connectivity index (χ3n) is 3.06. The molecule has 1 N–H and O–H groups in total. The van der Waals surface area contributed by atoms with E-state index in [0.717, 1.165) is 31.2 Å². The standard InChI is InChI=1S/C12H22N4S/c1-3-13-9-10(2)17-12-15-14-11-7-5-4-6-8-16(11)12/h10,13H,3-9H2,1-2H3. The van der Waals surface area contributed by atoms with Crippen molar-refractivity contribution in [3.63, 3.8) is 0 Å². The maximum Gasteiger partial charge on any atom is 0.191 e. The Morgan fingerprint density at radius 2 is 2.24 bits per heavy atom. The van der Waals surface area contributed by atoms with E-state index in [1.807, 2.05) is 11.8 Å². The van der Waals surface area contributed by atoms with Crippen molar-refractivity contribution in [3.8, 4) is 0 Å². The Labute approximate surface area is 108 Å². The number of hydrogen-bond acceptors (Lipinski definition) is 4. The number of nitrogens with one attached hydrogen (secondary N) is 1. The van der Waals surface area contributed by atoms with Crippen LogP contribution < -0.4 is 5.32 Å². The van der Waals surface area contributed by atoms with Gasteiger partial charge >= 0.3 is 0 Å². The molecule has 0 saturated heterocycles. The Morgan fingerprint density at radius 1 is 1.35 bits per heavy atom. The average Bonchev–Trinajstić information content (AvgIpc) is 2.57. The third-order valence-corrected chi connectivity index (χ3v) is 4.15. The molecule has 17 heavy (non-hydrogen) atoms. The molecule has 0 aromatic carbocycles. The smallest absolute Gasteiger partial charge is 0.191 e. The minimum absolute atomic E-state index is 0.548. The summed E-state index contributed by atoms with van der Waals surface area (Å²) in [6, 6.07) is 0. The largest absolute Gasteiger partial charge is 0.316 e. The number of nitrogens with zero attached hydrogens (tertiary/aromatic N) is 3. The van der Waals surface area contributed by atoms with E-state index in [1.54, 1.807) is 0 Å². The molecule has 0 radical (unpaired) electrons. The first-order valence-electron chi connectivity index (χ1n) is 6.60. The molecule has 1 aromatic heterocycles. The Morgan fingerprint density at radius 3 is 3.06 bits per heavy atom. The summed E-state index contributed by atoms with van der Waals surface area (Å²) >= 11 is 1.84. The zero-order chi connectivity index (χ0) is 12.1. The molecule has 1 aliphatic rings. The minimum atomic E-state index is 0.548. The summed E-state index contributed by atoms with van der Waals surface area (Å²) in [6.07, 6.45) is 4.94. The zero-order valence-electron chi connectivity index (χ0n) is 10.8. The van der Waals surface area contributed by atoms with Crippen LogP contribution in [0.2, 0.25) is 0 Å². The van der Waals surface area contributed by atoms with Gasteiger partial charge in [-0.25, -0.2) is 0 Å². The van der Waals surface area contributed by atoms with Crippen LogP contribution in [0.5, 0.6) is 0 Å². The maximum atomic E-state index is 4.34. The van der Waals surface area contributed by atoms with Crippen LogP contribution in [-0.2, 0) is 13.0 Å². The molecular formula is C12H22N4S. The molecule has 0 fully saturated rings. The van der Waals surface area contributed by atoms with E-state index in [0.29, 0.717) is 5.25 Å². The van der Waals surface area contributed by atoms with Gasteiger partial charge < -0.3 is 9.88 Å². The second-order valence-corrected chi connectivity index (χ2v) is 6.00. The fourth-order valence-electron chi connectivity index (χ4n) is 2.11. The van der Waals surface area contributed by atoms with Crippen LogP contribution in [0, 0.1) is 0 Å². The summed E-state index contributed by atoms with van der Waals surface area (Å²) in [4.78, 5) is 0. The van der Waals surface area contributed by atoms with Gasteiger partial charge in [0, 0.05) is 24.8 Å². The summed E-state index contributed by atoms with van der Waals surface area (Å²) in [5.74, 6) is 1.18. The lowest BCUT2D eigenvalue weighted by Crippen LogP contribution is -2.22. The van der Waals surface area contributed by atoms with Crippen LogP contribution in [0.4, 0.5) is 0 Å². The van der Waals surface area contributed by atoms with E-state index in [9.17, 15) is 0 Å². The van der Waals surface area contributed by atoms with Gasteiger partial charge in [-0.2, -0.15) is 0 Å². The molecular weight excluding hydrogens is 232 g/mol. The first kappa shape index (κ1) is 12.9. The van der Waals surface area contributed by atoms with Crippen molar-refractivity contribution < 1.29 is 0 Å². The second-order valence-electron chi connectivity index (χ2n) is 4.60. The van der Waals surface area contributed by atoms with Crippen molar-refractivity contribution in [3.05, 3.63) is 5.82 Å². The van der Waals surface area contributed by atoms with Gasteiger partial charge in [0.25, 0.3) is 0 Å². The highest BCUT2D eigenvalue weighted by Gasteiger charge is 2.16. The number of thioether (sulfide) groups is 1. The fourth-order valence-corrected chi connectivity index (χ4v) is 3.09. The highest BCUT2D eigenvalue weighted by atomic mass is 32.2. The van der Waals surface area contributed by atoms with E-state index in [-0.39, 0.29) is 0 Å². The second kappa shape index (κ2) is 6.40. The number of hydrogen-bond donors (Lipinski definition) is 1. The molecule has 2 heterocycles. The summed E-state index contributed by atoms with van der Waals surface area (Å²) in [6.45, 7) is 7.54. The SMILES string of the molecule is CCNCC(C)Sc1nnc2n1CCCCC2. The van der Waals surface area contributed by atoms with Crippen molar-refractivity contribution in [2.24, 2.45) is 0 Å². The van der Waals surface area contributed by atoms with Gasteiger partial charge in [-0.3, -0.25) is 0 Å². The van der Waals surface area contributed by atoms with Gasteiger partial charge in [0.05, 0.1) is 0 Å². The van der Waals surface area contributed by atoms with Crippen molar-refractivity contribution in [2.75, 3.05) is 13.1 Å². The normalized spacial score (nSPS) is 17.5. The van der Waals surface area contributed by atoms with Crippen LogP contribution >= 0.6 is 11.8 Å². The van der Waals surface area contributed by atoms with Gasteiger partial charge in [0.1, 0.15) is 5.82 Å². The van der Waals surface area contributed by atoms with Crippen LogP contribution in [0.15, 0.2) is 5.16 Å². The fraction of sp³-hybridized carbons (Fsp3) is 0.833. The number of aryl methyl sites for hydroxylation is 1. The zero-order valence-corrected chi connectivity index (χ0v) is 11.6. The van der Waals surface area contributed by atoms with Crippen LogP contribution in [0.3, 0.4) is 0 Å². The Bertz CT molecular complexity index is 350. The topological polar surface area (TPSA) is 42.7 Å².